The molecule has 0 radical (unpaired) electrons. The summed E-state index contributed by atoms with van der Waals surface area (Å²) in [6, 6.07) is 34.9. The smallest absolute Gasteiger partial charge is 0.407 e. The van der Waals surface area contributed by atoms with Crippen molar-refractivity contribution in [3.63, 3.8) is 0 Å². The van der Waals surface area contributed by atoms with Gasteiger partial charge < -0.3 is 32.2 Å². The zero-order valence-electron chi connectivity index (χ0n) is 51.0. The van der Waals surface area contributed by atoms with Crippen molar-refractivity contribution in [3.05, 3.63) is 214 Å². The summed E-state index contributed by atoms with van der Waals surface area (Å²) in [4.78, 5) is 48.1. The zero-order valence-corrected chi connectivity index (χ0v) is 52.7. The Hall–Kier alpha value is -8.01. The molecule has 2 aliphatic rings. The Balaban J connectivity index is 0.000000235. The lowest BCUT2D eigenvalue weighted by molar-refractivity contribution is 0.0523. The summed E-state index contributed by atoms with van der Waals surface area (Å²) in [6.45, 7) is 15.2. The van der Waals surface area contributed by atoms with E-state index in [2.05, 4.69) is 40.8 Å². The number of anilines is 2. The third-order valence-electron chi connectivity index (χ3n) is 15.4. The molecule has 2 saturated carbocycles. The highest BCUT2D eigenvalue weighted by atomic mass is 35.5. The Morgan fingerprint density at radius 2 is 1.14 bits per heavy atom. The van der Waals surface area contributed by atoms with Crippen molar-refractivity contribution in [2.75, 3.05) is 10.6 Å². The Bertz CT molecular complexity index is 3770. The lowest BCUT2D eigenvalue weighted by Gasteiger charge is -2.38. The number of carbonyl (C=O) groups is 3. The molecule has 88 heavy (non-hydrogen) atoms. The molecule has 2 aliphatic carbocycles. The SMILES string of the molecule is Cc1cc(C(=O)Nc2cc(C(CCC3CC3)(N[S@](=O)C(C)(C)C)c3cccnc3)ccc2F)n(-c2cccc(CNC(=O)OC(C)(C)C)c2)n1.Cc1cc(C(=O)Nc2cc(C(N)(CCC3CC3)c3cccnc3)ccc2F)n(-c2cccc(CN)c2)n1.Cl. The van der Waals surface area contributed by atoms with Crippen LogP contribution in [0, 0.1) is 37.3 Å². The number of alkyl carbamates (subject to hydrolysis) is 1. The quantitative estimate of drug-likeness (QED) is 0.0395. The van der Waals surface area contributed by atoms with Gasteiger partial charge in [0.15, 0.2) is 0 Å². The van der Waals surface area contributed by atoms with E-state index in [-0.39, 0.29) is 41.7 Å². The fraction of sp³-hybridized carbons (Fsp3) is 0.358. The Morgan fingerprint density at radius 3 is 1.64 bits per heavy atom. The number of pyridine rings is 2. The van der Waals surface area contributed by atoms with Crippen molar-refractivity contribution in [1.29, 1.82) is 0 Å². The lowest BCUT2D eigenvalue weighted by atomic mass is 9.80. The monoisotopic (exact) mass is 1240 g/mol. The topological polar surface area (TPSA) is 239 Å². The van der Waals surface area contributed by atoms with Crippen LogP contribution >= 0.6 is 12.4 Å². The summed E-state index contributed by atoms with van der Waals surface area (Å²) < 4.78 is 55.5. The van der Waals surface area contributed by atoms with Crippen molar-refractivity contribution in [1.82, 2.24) is 39.6 Å². The molecule has 4 aromatic heterocycles. The van der Waals surface area contributed by atoms with Gasteiger partial charge in [0, 0.05) is 37.9 Å². The Kier molecular flexibility index (Phi) is 21.0. The number of carbonyl (C=O) groups excluding carboxylic acids is 3. The fourth-order valence-corrected chi connectivity index (χ4v) is 11.2. The molecule has 8 N–H and O–H groups in total. The summed E-state index contributed by atoms with van der Waals surface area (Å²) in [5, 5.41) is 17.3. The second-order valence-corrected chi connectivity index (χ2v) is 26.6. The van der Waals surface area contributed by atoms with Gasteiger partial charge in [-0.05, 0) is 199 Å². The molecule has 0 spiro atoms. The average molecular weight is 1240 g/mol. The van der Waals surface area contributed by atoms with E-state index in [0.29, 0.717) is 59.5 Å². The van der Waals surface area contributed by atoms with E-state index in [1.54, 1.807) is 113 Å². The van der Waals surface area contributed by atoms with Gasteiger partial charge in [-0.3, -0.25) is 19.6 Å². The molecule has 21 heteroatoms. The fourth-order valence-electron chi connectivity index (χ4n) is 10.3. The maximum absolute atomic E-state index is 15.6. The van der Waals surface area contributed by atoms with Gasteiger partial charge in [-0.2, -0.15) is 10.2 Å². The number of halogens is 3. The summed E-state index contributed by atoms with van der Waals surface area (Å²) in [5.74, 6) is -0.932. The standard InChI is InChI=1S/C38H47FN6O4S.C29H31FN6O.ClH/c1-25-20-33(45(43-25)30-12-8-10-27(21-30)23-41-35(47)49-36(2,3)4)34(46)42-32-22-28(15-16-31(32)39)38(18-17-26-13-14-26,29-11-9-19-40-24-29)44-50(48)37(5,6)7;1-19-14-27(36(35-19)24-6-2-4-21(15-24)17-31)28(37)34-26-16-22(9-10-25(26)30)29(32,12-11-20-7-8-20)23-5-3-13-33-18-23;/h8-12,15-16,19-22,24,26,44H,13-14,17-18,23H2,1-7H3,(H,41,47)(H,42,46);2-6,9-10,13-16,18,20H,7-8,11-12,17,31-32H2,1H3,(H,34,37);1H/t38?,50-;;/m1../s1. The van der Waals surface area contributed by atoms with Crippen LogP contribution in [0.4, 0.5) is 25.0 Å². The number of amides is 3. The number of aromatic nitrogens is 6. The second kappa shape index (κ2) is 28.0. The van der Waals surface area contributed by atoms with E-state index in [1.807, 2.05) is 81.4 Å². The molecule has 17 nitrogen and oxygen atoms in total. The van der Waals surface area contributed by atoms with Crippen molar-refractivity contribution >= 4 is 52.7 Å². The van der Waals surface area contributed by atoms with Gasteiger partial charge in [-0.25, -0.2) is 31.9 Å². The number of rotatable bonds is 21. The molecular formula is C67H79ClF2N12O5S. The number of nitrogens with one attached hydrogen (secondary N) is 4. The Labute approximate surface area is 522 Å². The molecule has 0 aliphatic heterocycles. The Morgan fingerprint density at radius 1 is 0.636 bits per heavy atom. The number of aryl methyl sites for hydroxylation is 2. The first-order chi connectivity index (χ1) is 41.4. The van der Waals surface area contributed by atoms with Crippen LogP contribution < -0.4 is 32.1 Å². The summed E-state index contributed by atoms with van der Waals surface area (Å²) in [7, 11) is -1.49. The van der Waals surface area contributed by atoms with Gasteiger partial charge >= 0.3 is 6.09 Å². The van der Waals surface area contributed by atoms with E-state index in [4.69, 9.17) is 16.2 Å². The van der Waals surface area contributed by atoms with E-state index in [9.17, 15) is 23.0 Å². The van der Waals surface area contributed by atoms with E-state index in [0.717, 1.165) is 53.5 Å². The minimum absolute atomic E-state index is 0. The highest BCUT2D eigenvalue weighted by molar-refractivity contribution is 7.84. The second-order valence-electron chi connectivity index (χ2n) is 24.7. The van der Waals surface area contributed by atoms with Crippen molar-refractivity contribution in [2.45, 2.75) is 141 Å². The number of nitrogens with two attached hydrogens (primary N) is 2. The third-order valence-corrected chi connectivity index (χ3v) is 17.0. The minimum Gasteiger partial charge on any atom is -0.444 e. The third kappa shape index (κ3) is 16.6. The molecule has 464 valence electrons. The molecule has 0 bridgehead atoms. The number of benzene rings is 4. The maximum atomic E-state index is 15.6. The molecule has 2 unspecified atom stereocenters. The first-order valence-electron chi connectivity index (χ1n) is 29.4. The van der Waals surface area contributed by atoms with Gasteiger partial charge in [-0.15, -0.1) is 12.4 Å². The highest BCUT2D eigenvalue weighted by Crippen LogP contribution is 2.44. The van der Waals surface area contributed by atoms with Crippen LogP contribution in [0.5, 0.6) is 0 Å². The van der Waals surface area contributed by atoms with Crippen LogP contribution in [0.25, 0.3) is 11.4 Å². The van der Waals surface area contributed by atoms with E-state index >= 15 is 4.39 Å². The summed E-state index contributed by atoms with van der Waals surface area (Å²) in [6.07, 6.45) is 14.2. The molecule has 2 fully saturated rings. The van der Waals surface area contributed by atoms with Gasteiger partial charge in [0.25, 0.3) is 11.8 Å². The molecule has 10 rings (SSSR count). The predicted octanol–water partition coefficient (Wildman–Crippen LogP) is 12.7. The molecule has 3 amide bonds. The first-order valence-corrected chi connectivity index (χ1v) is 30.6. The zero-order chi connectivity index (χ0) is 62.3. The van der Waals surface area contributed by atoms with Gasteiger partial charge in [0.2, 0.25) is 0 Å². The van der Waals surface area contributed by atoms with Crippen molar-refractivity contribution in [3.8, 4) is 11.4 Å². The minimum atomic E-state index is -1.49. The van der Waals surface area contributed by atoms with Crippen LogP contribution in [0.3, 0.4) is 0 Å². The van der Waals surface area contributed by atoms with Crippen LogP contribution in [-0.2, 0) is 39.9 Å². The van der Waals surface area contributed by atoms with Crippen LogP contribution in [0.1, 0.15) is 159 Å². The number of hydrogen-bond donors (Lipinski definition) is 6. The molecule has 4 aromatic carbocycles. The summed E-state index contributed by atoms with van der Waals surface area (Å²) >= 11 is 0. The van der Waals surface area contributed by atoms with Crippen molar-refractivity contribution < 1.29 is 32.1 Å². The van der Waals surface area contributed by atoms with Gasteiger partial charge in [0.05, 0.1) is 60.9 Å². The lowest BCUT2D eigenvalue weighted by Crippen LogP contribution is -2.49. The predicted molar refractivity (Wildman–Crippen MR) is 343 cm³/mol. The molecule has 0 saturated heterocycles. The molecular weight excluding hydrogens is 1160 g/mol. The maximum Gasteiger partial charge on any atom is 0.407 e. The number of hydrogen-bond acceptors (Lipinski definition) is 11. The van der Waals surface area contributed by atoms with Gasteiger partial charge in [0.1, 0.15) is 28.6 Å². The normalized spacial score (nSPS) is 14.9. The first kappa shape index (κ1) is 66.0. The molecule has 3 atom stereocenters. The van der Waals surface area contributed by atoms with Crippen LogP contribution in [0.2, 0.25) is 0 Å². The van der Waals surface area contributed by atoms with Gasteiger partial charge in [-0.1, -0.05) is 74.2 Å². The van der Waals surface area contributed by atoms with E-state index in [1.165, 1.54) is 29.7 Å². The van der Waals surface area contributed by atoms with Crippen LogP contribution in [0.15, 0.2) is 146 Å². The average Bonchev–Trinajstić information content (AvgIpc) is 1.85. The van der Waals surface area contributed by atoms with Crippen LogP contribution in [-0.4, -0.2) is 62.0 Å². The largest absolute Gasteiger partial charge is 0.444 e. The number of ether oxygens (including phenoxy) is 1. The van der Waals surface area contributed by atoms with Crippen molar-refractivity contribution in [2.24, 2.45) is 23.3 Å². The highest BCUT2D eigenvalue weighted by Gasteiger charge is 2.41. The number of nitrogens with zero attached hydrogens (tertiary/aromatic N) is 6. The molecule has 8 aromatic rings. The van der Waals surface area contributed by atoms with E-state index < -0.39 is 62.0 Å². The molecule has 4 heterocycles. The summed E-state index contributed by atoms with van der Waals surface area (Å²) in [5.41, 5.74) is 18.1.